The average molecular weight is 282 g/mol. The van der Waals surface area contributed by atoms with Crippen molar-refractivity contribution in [1.29, 1.82) is 0 Å². The topological polar surface area (TPSA) is 42.4 Å². The van der Waals surface area contributed by atoms with Crippen LogP contribution in [0.2, 0.25) is 0 Å². The lowest BCUT2D eigenvalue weighted by atomic mass is 10.3. The molecule has 0 amide bonds. The maximum Gasteiger partial charge on any atom is 0.320 e. The number of carbonyl (C=O) groups excluding carboxylic acids is 1. The minimum Gasteiger partial charge on any atom is -0.465 e. The van der Waals surface area contributed by atoms with Gasteiger partial charge in [-0.3, -0.25) is 9.69 Å². The monoisotopic (exact) mass is 282 g/mol. The lowest BCUT2D eigenvalue weighted by Gasteiger charge is -2.19. The van der Waals surface area contributed by atoms with Crippen molar-refractivity contribution < 1.29 is 9.53 Å². The Morgan fingerprint density at radius 2 is 2.32 bits per heavy atom. The zero-order chi connectivity index (χ0) is 13.7. The molecule has 1 aromatic rings. The summed E-state index contributed by atoms with van der Waals surface area (Å²) in [5.74, 6) is -0.126. The van der Waals surface area contributed by atoms with Crippen LogP contribution in [0.25, 0.3) is 0 Å². The van der Waals surface area contributed by atoms with E-state index in [1.54, 1.807) is 11.3 Å². The number of carbonyl (C=O) groups is 1. The first-order valence-corrected chi connectivity index (χ1v) is 7.93. The first-order chi connectivity index (χ1) is 9.22. The van der Waals surface area contributed by atoms with Crippen LogP contribution < -0.4 is 0 Å². The number of hydrogen-bond donors (Lipinski definition) is 0. The van der Waals surface area contributed by atoms with Gasteiger partial charge in [0.2, 0.25) is 0 Å². The molecule has 0 N–H and O–H groups in total. The second kappa shape index (κ2) is 7.01. The Balaban J connectivity index is 1.90. The van der Waals surface area contributed by atoms with Crippen molar-refractivity contribution in [2.75, 3.05) is 13.2 Å². The molecule has 1 fully saturated rings. The number of ether oxygens (including phenoxy) is 1. The summed E-state index contributed by atoms with van der Waals surface area (Å²) in [5, 5.41) is 3.32. The number of thiazole rings is 1. The van der Waals surface area contributed by atoms with Crippen LogP contribution in [0.5, 0.6) is 0 Å². The van der Waals surface area contributed by atoms with Crippen LogP contribution in [-0.2, 0) is 22.5 Å². The Morgan fingerprint density at radius 1 is 1.53 bits per heavy atom. The molecule has 1 aromatic heterocycles. The maximum absolute atomic E-state index is 11.6. The van der Waals surface area contributed by atoms with Crippen LogP contribution in [0, 0.1) is 0 Å². The van der Waals surface area contributed by atoms with E-state index in [-0.39, 0.29) is 5.97 Å². The standard InChI is InChI=1S/C14H22N2O2S/c1-3-5-13-15-11(10-19-13)8-16(12-6-7-12)9-14(17)18-4-2/h10,12H,3-9H2,1-2H3. The molecule has 1 saturated carbocycles. The molecule has 0 radical (unpaired) electrons. The highest BCUT2D eigenvalue weighted by molar-refractivity contribution is 7.09. The van der Waals surface area contributed by atoms with Crippen molar-refractivity contribution in [2.45, 2.75) is 52.1 Å². The molecule has 19 heavy (non-hydrogen) atoms. The van der Waals surface area contributed by atoms with Crippen LogP contribution in [0.3, 0.4) is 0 Å². The van der Waals surface area contributed by atoms with E-state index in [1.165, 1.54) is 17.8 Å². The van der Waals surface area contributed by atoms with Gasteiger partial charge in [-0.25, -0.2) is 4.98 Å². The highest BCUT2D eigenvalue weighted by atomic mass is 32.1. The summed E-state index contributed by atoms with van der Waals surface area (Å²) in [5.41, 5.74) is 1.09. The van der Waals surface area contributed by atoms with Crippen LogP contribution >= 0.6 is 11.3 Å². The Morgan fingerprint density at radius 3 is 2.95 bits per heavy atom. The number of esters is 1. The van der Waals surface area contributed by atoms with Gasteiger partial charge in [-0.2, -0.15) is 0 Å². The maximum atomic E-state index is 11.6. The molecule has 0 aliphatic heterocycles. The number of rotatable bonds is 8. The van der Waals surface area contributed by atoms with Crippen molar-refractivity contribution >= 4 is 17.3 Å². The van der Waals surface area contributed by atoms with Gasteiger partial charge in [-0.15, -0.1) is 11.3 Å². The summed E-state index contributed by atoms with van der Waals surface area (Å²) in [6.07, 6.45) is 4.55. The molecule has 106 valence electrons. The largest absolute Gasteiger partial charge is 0.465 e. The minimum absolute atomic E-state index is 0.126. The third kappa shape index (κ3) is 4.58. The van der Waals surface area contributed by atoms with E-state index >= 15 is 0 Å². The first kappa shape index (κ1) is 14.5. The van der Waals surface area contributed by atoms with Gasteiger partial charge in [0.1, 0.15) is 0 Å². The molecule has 4 nitrogen and oxygen atoms in total. The first-order valence-electron chi connectivity index (χ1n) is 7.05. The van der Waals surface area contributed by atoms with Gasteiger partial charge < -0.3 is 4.74 Å². The molecular weight excluding hydrogens is 260 g/mol. The second-order valence-electron chi connectivity index (χ2n) is 4.92. The van der Waals surface area contributed by atoms with Crippen LogP contribution in [0.15, 0.2) is 5.38 Å². The van der Waals surface area contributed by atoms with Crippen molar-refractivity contribution in [3.05, 3.63) is 16.1 Å². The van der Waals surface area contributed by atoms with Crippen molar-refractivity contribution in [2.24, 2.45) is 0 Å². The van der Waals surface area contributed by atoms with Gasteiger partial charge in [0.05, 0.1) is 23.9 Å². The molecule has 5 heteroatoms. The lowest BCUT2D eigenvalue weighted by Crippen LogP contribution is -2.32. The van der Waals surface area contributed by atoms with Gasteiger partial charge in [0, 0.05) is 18.0 Å². The van der Waals surface area contributed by atoms with E-state index in [0.29, 0.717) is 19.2 Å². The van der Waals surface area contributed by atoms with Gasteiger partial charge in [0.25, 0.3) is 0 Å². The van der Waals surface area contributed by atoms with Gasteiger partial charge >= 0.3 is 5.97 Å². The Kier molecular flexibility index (Phi) is 5.34. The predicted octanol–water partition coefficient (Wildman–Crippen LogP) is 2.62. The van der Waals surface area contributed by atoms with Crippen LogP contribution in [-0.4, -0.2) is 35.0 Å². The Hall–Kier alpha value is -0.940. The summed E-state index contributed by atoms with van der Waals surface area (Å²) in [6.45, 7) is 5.62. The molecule has 0 bridgehead atoms. The molecule has 0 spiro atoms. The fraction of sp³-hybridized carbons (Fsp3) is 0.714. The quantitative estimate of drug-likeness (QED) is 0.687. The predicted molar refractivity (Wildman–Crippen MR) is 76.2 cm³/mol. The zero-order valence-electron chi connectivity index (χ0n) is 11.7. The molecule has 1 aliphatic carbocycles. The van der Waals surface area contributed by atoms with Gasteiger partial charge in [-0.1, -0.05) is 6.92 Å². The molecule has 0 unspecified atom stereocenters. The molecule has 0 atom stereocenters. The summed E-state index contributed by atoms with van der Waals surface area (Å²) in [4.78, 5) is 18.4. The second-order valence-corrected chi connectivity index (χ2v) is 5.87. The third-order valence-corrected chi connectivity index (χ3v) is 4.09. The van der Waals surface area contributed by atoms with Crippen LogP contribution in [0.4, 0.5) is 0 Å². The molecular formula is C14H22N2O2S. The number of hydrogen-bond acceptors (Lipinski definition) is 5. The minimum atomic E-state index is -0.126. The summed E-state index contributed by atoms with van der Waals surface area (Å²) < 4.78 is 5.03. The van der Waals surface area contributed by atoms with E-state index in [9.17, 15) is 4.79 Å². The Labute approximate surface area is 118 Å². The SMILES string of the molecule is CCCc1nc(CN(CC(=O)OCC)C2CC2)cs1. The third-order valence-electron chi connectivity index (χ3n) is 3.13. The van der Waals surface area contributed by atoms with Gasteiger partial charge in [-0.05, 0) is 32.6 Å². The van der Waals surface area contributed by atoms with Crippen molar-refractivity contribution in [3.8, 4) is 0 Å². The van der Waals surface area contributed by atoms with E-state index < -0.39 is 0 Å². The Bertz CT molecular complexity index is 415. The van der Waals surface area contributed by atoms with E-state index in [0.717, 1.165) is 25.1 Å². The normalized spacial score (nSPS) is 14.9. The lowest BCUT2D eigenvalue weighted by molar-refractivity contribution is -0.144. The number of aromatic nitrogens is 1. The molecule has 0 aromatic carbocycles. The summed E-state index contributed by atoms with van der Waals surface area (Å²) >= 11 is 1.72. The fourth-order valence-electron chi connectivity index (χ4n) is 2.08. The molecule has 2 rings (SSSR count). The summed E-state index contributed by atoms with van der Waals surface area (Å²) in [6, 6.07) is 0.542. The molecule has 0 saturated heterocycles. The van der Waals surface area contributed by atoms with E-state index in [1.807, 2.05) is 6.92 Å². The van der Waals surface area contributed by atoms with Gasteiger partial charge in [0.15, 0.2) is 0 Å². The molecule has 1 heterocycles. The average Bonchev–Trinajstić information content (AvgIpc) is 3.12. The highest BCUT2D eigenvalue weighted by Gasteiger charge is 2.31. The number of nitrogens with zero attached hydrogens (tertiary/aromatic N) is 2. The fourth-order valence-corrected chi connectivity index (χ4v) is 2.98. The highest BCUT2D eigenvalue weighted by Crippen LogP contribution is 2.28. The molecule has 1 aliphatic rings. The zero-order valence-corrected chi connectivity index (χ0v) is 12.5. The van der Waals surface area contributed by atoms with E-state index in [2.05, 4.69) is 22.2 Å². The number of aryl methyl sites for hydroxylation is 1. The van der Waals surface area contributed by atoms with Crippen molar-refractivity contribution in [3.63, 3.8) is 0 Å². The van der Waals surface area contributed by atoms with Crippen LogP contribution in [0.1, 0.15) is 43.8 Å². The van der Waals surface area contributed by atoms with Crippen molar-refractivity contribution in [1.82, 2.24) is 9.88 Å². The summed E-state index contributed by atoms with van der Waals surface area (Å²) in [7, 11) is 0. The smallest absolute Gasteiger partial charge is 0.320 e. The van der Waals surface area contributed by atoms with E-state index in [4.69, 9.17) is 4.74 Å².